The Kier molecular flexibility index (Phi) is 3.91. The number of fused-ring (bicyclic) bond motifs is 1. The zero-order chi connectivity index (χ0) is 16.5. The van der Waals surface area contributed by atoms with Gasteiger partial charge in [-0.05, 0) is 10.5 Å². The number of piperazine rings is 1. The molecule has 0 N–H and O–H groups in total. The van der Waals surface area contributed by atoms with Gasteiger partial charge in [-0.2, -0.15) is 9.38 Å². The Bertz CT molecular complexity index is 852. The molecule has 124 valence electrons. The summed E-state index contributed by atoms with van der Waals surface area (Å²) in [5, 5.41) is 13.3. The van der Waals surface area contributed by atoms with Crippen LogP contribution in [-0.4, -0.2) is 45.4 Å². The van der Waals surface area contributed by atoms with E-state index in [0.717, 1.165) is 32.7 Å². The summed E-state index contributed by atoms with van der Waals surface area (Å²) in [6.07, 6.45) is 1.71. The van der Waals surface area contributed by atoms with Crippen molar-refractivity contribution in [3.63, 3.8) is 0 Å². The van der Waals surface area contributed by atoms with Crippen molar-refractivity contribution < 1.29 is 4.92 Å². The molecule has 1 aromatic carbocycles. The molecule has 2 aromatic heterocycles. The molecule has 0 bridgehead atoms. The van der Waals surface area contributed by atoms with Gasteiger partial charge in [-0.15, -0.1) is 0 Å². The highest BCUT2D eigenvalue weighted by molar-refractivity contribution is 7.15. The molecule has 0 unspecified atom stereocenters. The maximum absolute atomic E-state index is 11.5. The Labute approximate surface area is 142 Å². The SMILES string of the molecule is O=[N+]([O-])c1c(N2CCN(Cc3ccccc3)CC2)nc2sccn12. The van der Waals surface area contributed by atoms with Crippen LogP contribution in [0.3, 0.4) is 0 Å². The number of hydrogen-bond donors (Lipinski definition) is 0. The molecular formula is C16H17N5O2S. The molecule has 3 aromatic rings. The standard InChI is InChI=1S/C16H17N5O2S/c22-21(23)15-14(17-16-20(15)10-11-24-16)19-8-6-18(7-9-19)12-13-4-2-1-3-5-13/h1-5,10-11H,6-9,12H2. The van der Waals surface area contributed by atoms with Gasteiger partial charge in [-0.3, -0.25) is 4.90 Å². The number of thiazole rings is 1. The Balaban J connectivity index is 1.49. The van der Waals surface area contributed by atoms with E-state index in [2.05, 4.69) is 22.0 Å². The molecule has 0 spiro atoms. The van der Waals surface area contributed by atoms with E-state index < -0.39 is 0 Å². The normalized spacial score (nSPS) is 15.9. The van der Waals surface area contributed by atoms with Gasteiger partial charge in [-0.1, -0.05) is 41.7 Å². The summed E-state index contributed by atoms with van der Waals surface area (Å²) in [5.41, 5.74) is 1.29. The van der Waals surface area contributed by atoms with Gasteiger partial charge < -0.3 is 15.0 Å². The molecule has 8 heteroatoms. The Morgan fingerprint density at radius 1 is 1.17 bits per heavy atom. The van der Waals surface area contributed by atoms with Gasteiger partial charge >= 0.3 is 5.82 Å². The molecule has 1 saturated heterocycles. The second-order valence-corrected chi connectivity index (χ2v) is 6.69. The van der Waals surface area contributed by atoms with Crippen LogP contribution in [0.2, 0.25) is 0 Å². The molecule has 0 atom stereocenters. The monoisotopic (exact) mass is 343 g/mol. The van der Waals surface area contributed by atoms with E-state index in [1.54, 1.807) is 10.6 Å². The average Bonchev–Trinajstić information content (AvgIpc) is 3.17. The molecule has 1 fully saturated rings. The summed E-state index contributed by atoms with van der Waals surface area (Å²) in [6.45, 7) is 4.15. The summed E-state index contributed by atoms with van der Waals surface area (Å²) in [4.78, 5) is 20.7. The number of benzene rings is 1. The van der Waals surface area contributed by atoms with E-state index in [1.165, 1.54) is 16.9 Å². The van der Waals surface area contributed by atoms with Gasteiger partial charge in [0.05, 0.1) is 0 Å². The molecule has 0 amide bonds. The highest BCUT2D eigenvalue weighted by Gasteiger charge is 2.29. The number of aromatic nitrogens is 2. The van der Waals surface area contributed by atoms with Crippen LogP contribution in [-0.2, 0) is 6.54 Å². The predicted molar refractivity (Wildman–Crippen MR) is 93.7 cm³/mol. The van der Waals surface area contributed by atoms with E-state index in [1.807, 2.05) is 28.5 Å². The second kappa shape index (κ2) is 6.21. The third-order valence-corrected chi connectivity index (χ3v) is 5.07. The third kappa shape index (κ3) is 2.74. The van der Waals surface area contributed by atoms with Crippen LogP contribution in [0.1, 0.15) is 5.56 Å². The fourth-order valence-electron chi connectivity index (χ4n) is 3.10. The lowest BCUT2D eigenvalue weighted by molar-refractivity contribution is -0.389. The molecule has 3 heterocycles. The van der Waals surface area contributed by atoms with Crippen molar-refractivity contribution in [2.45, 2.75) is 6.54 Å². The van der Waals surface area contributed by atoms with E-state index in [9.17, 15) is 10.1 Å². The largest absolute Gasteiger partial charge is 0.373 e. The molecule has 0 saturated carbocycles. The quantitative estimate of drug-likeness (QED) is 0.538. The summed E-state index contributed by atoms with van der Waals surface area (Å²) in [5.74, 6) is 0.564. The highest BCUT2D eigenvalue weighted by Crippen LogP contribution is 2.31. The Morgan fingerprint density at radius 3 is 2.62 bits per heavy atom. The number of nitrogens with zero attached hydrogens (tertiary/aromatic N) is 5. The van der Waals surface area contributed by atoms with E-state index in [0.29, 0.717) is 10.8 Å². The van der Waals surface area contributed by atoms with Gasteiger partial charge in [0.2, 0.25) is 5.82 Å². The topological polar surface area (TPSA) is 66.9 Å². The van der Waals surface area contributed by atoms with Crippen LogP contribution in [0.15, 0.2) is 41.9 Å². The zero-order valence-electron chi connectivity index (χ0n) is 13.0. The summed E-state index contributed by atoms with van der Waals surface area (Å²) in [7, 11) is 0. The van der Waals surface area contributed by atoms with Crippen LogP contribution in [0.4, 0.5) is 11.6 Å². The molecular weight excluding hydrogens is 326 g/mol. The summed E-state index contributed by atoms with van der Waals surface area (Å²) >= 11 is 1.42. The van der Waals surface area contributed by atoms with Crippen molar-refractivity contribution in [2.24, 2.45) is 0 Å². The first-order valence-electron chi connectivity index (χ1n) is 7.83. The van der Waals surface area contributed by atoms with Crippen molar-refractivity contribution >= 4 is 27.9 Å². The lowest BCUT2D eigenvalue weighted by Crippen LogP contribution is -2.46. The minimum absolute atomic E-state index is 0.0720. The Hall–Kier alpha value is -2.45. The first-order chi connectivity index (χ1) is 11.7. The third-order valence-electron chi connectivity index (χ3n) is 4.31. The first kappa shape index (κ1) is 15.1. The van der Waals surface area contributed by atoms with Crippen molar-refractivity contribution in [1.29, 1.82) is 0 Å². The highest BCUT2D eigenvalue weighted by atomic mass is 32.1. The van der Waals surface area contributed by atoms with E-state index >= 15 is 0 Å². The van der Waals surface area contributed by atoms with E-state index in [4.69, 9.17) is 0 Å². The van der Waals surface area contributed by atoms with E-state index in [-0.39, 0.29) is 10.7 Å². The molecule has 24 heavy (non-hydrogen) atoms. The van der Waals surface area contributed by atoms with Crippen molar-refractivity contribution in [1.82, 2.24) is 14.3 Å². The smallest absolute Gasteiger partial charge is 0.358 e. The number of nitro groups is 1. The van der Waals surface area contributed by atoms with Crippen molar-refractivity contribution in [3.8, 4) is 0 Å². The minimum atomic E-state index is -0.335. The maximum Gasteiger partial charge on any atom is 0.373 e. The van der Waals surface area contributed by atoms with Crippen molar-refractivity contribution in [2.75, 3.05) is 31.1 Å². The summed E-state index contributed by atoms with van der Waals surface area (Å²) in [6, 6.07) is 10.4. The first-order valence-corrected chi connectivity index (χ1v) is 8.71. The van der Waals surface area contributed by atoms with Crippen LogP contribution in [0, 0.1) is 10.1 Å². The average molecular weight is 343 g/mol. The molecule has 1 aliphatic heterocycles. The van der Waals surface area contributed by atoms with Crippen LogP contribution in [0.25, 0.3) is 4.96 Å². The lowest BCUT2D eigenvalue weighted by atomic mass is 10.2. The molecule has 4 rings (SSSR count). The molecule has 1 aliphatic rings. The fourth-order valence-corrected chi connectivity index (χ4v) is 3.81. The van der Waals surface area contributed by atoms with Crippen LogP contribution < -0.4 is 4.90 Å². The number of imidazole rings is 1. The maximum atomic E-state index is 11.5. The second-order valence-electron chi connectivity index (χ2n) is 5.82. The Morgan fingerprint density at radius 2 is 1.92 bits per heavy atom. The zero-order valence-corrected chi connectivity index (χ0v) is 13.9. The molecule has 0 radical (unpaired) electrons. The predicted octanol–water partition coefficient (Wildman–Crippen LogP) is 2.63. The van der Waals surface area contributed by atoms with Gasteiger partial charge in [0, 0.05) is 38.1 Å². The molecule has 0 aliphatic carbocycles. The number of hydrogen-bond acceptors (Lipinski definition) is 6. The fraction of sp³-hybridized carbons (Fsp3) is 0.312. The van der Waals surface area contributed by atoms with Gasteiger partial charge in [0.25, 0.3) is 4.96 Å². The van der Waals surface area contributed by atoms with Gasteiger partial charge in [0.1, 0.15) is 6.20 Å². The lowest BCUT2D eigenvalue weighted by Gasteiger charge is -2.34. The summed E-state index contributed by atoms with van der Waals surface area (Å²) < 4.78 is 1.57. The number of anilines is 1. The molecule has 7 nitrogen and oxygen atoms in total. The van der Waals surface area contributed by atoms with Crippen LogP contribution >= 0.6 is 11.3 Å². The van der Waals surface area contributed by atoms with Crippen LogP contribution in [0.5, 0.6) is 0 Å². The number of rotatable bonds is 4. The minimum Gasteiger partial charge on any atom is -0.358 e. The van der Waals surface area contributed by atoms with Gasteiger partial charge in [-0.25, -0.2) is 0 Å². The van der Waals surface area contributed by atoms with Gasteiger partial charge in [0.15, 0.2) is 0 Å². The van der Waals surface area contributed by atoms with Crippen molar-refractivity contribution in [3.05, 3.63) is 57.6 Å².